The maximum absolute atomic E-state index is 5.20. The van der Waals surface area contributed by atoms with Crippen LogP contribution in [0.2, 0.25) is 0 Å². The summed E-state index contributed by atoms with van der Waals surface area (Å²) in [5.74, 6) is 1.96. The van der Waals surface area contributed by atoms with Crippen molar-refractivity contribution in [1.82, 2.24) is 19.9 Å². The van der Waals surface area contributed by atoms with Crippen LogP contribution in [0.1, 0.15) is 49.9 Å². The molecule has 0 amide bonds. The van der Waals surface area contributed by atoms with Crippen LogP contribution in [-0.4, -0.2) is 19.9 Å². The molecule has 0 atom stereocenters. The zero-order valence-corrected chi connectivity index (χ0v) is 29.6. The average Bonchev–Trinajstić information content (AvgIpc) is 3.56. The Morgan fingerprint density at radius 1 is 0.365 bits per heavy atom. The van der Waals surface area contributed by atoms with Gasteiger partial charge in [0, 0.05) is 44.7 Å². The lowest BCUT2D eigenvalue weighted by Gasteiger charge is -2.21. The molecule has 0 fully saturated rings. The number of hydrogen-bond donors (Lipinski definition) is 0. The summed E-state index contributed by atoms with van der Waals surface area (Å²) in [5.41, 5.74) is 15.1. The van der Waals surface area contributed by atoms with Crippen molar-refractivity contribution in [2.45, 2.75) is 38.5 Å². The number of benzene rings is 6. The van der Waals surface area contributed by atoms with Gasteiger partial charge in [-0.2, -0.15) is 0 Å². The Morgan fingerprint density at radius 3 is 1.35 bits per heavy atom. The molecule has 8 aromatic rings. The third-order valence-electron chi connectivity index (χ3n) is 11.4. The topological polar surface area (TPSA) is 51.6 Å². The first-order valence-electron chi connectivity index (χ1n) is 18.0. The highest BCUT2D eigenvalue weighted by molar-refractivity contribution is 5.87. The van der Waals surface area contributed by atoms with E-state index >= 15 is 0 Å². The lowest BCUT2D eigenvalue weighted by atomic mass is 9.82. The molecule has 2 aliphatic carbocycles. The van der Waals surface area contributed by atoms with Crippen molar-refractivity contribution in [3.05, 3.63) is 168 Å². The molecule has 0 radical (unpaired) electrons. The molecule has 0 aliphatic heterocycles. The predicted molar refractivity (Wildman–Crippen MR) is 212 cm³/mol. The molecule has 6 aromatic carbocycles. The van der Waals surface area contributed by atoms with E-state index in [1.165, 1.54) is 49.9 Å². The van der Waals surface area contributed by atoms with E-state index in [4.69, 9.17) is 19.9 Å². The van der Waals surface area contributed by atoms with E-state index in [9.17, 15) is 0 Å². The second-order valence-corrected chi connectivity index (χ2v) is 15.2. The second kappa shape index (κ2) is 11.1. The summed E-state index contributed by atoms with van der Waals surface area (Å²) in [6.45, 7) is 9.23. The highest BCUT2D eigenvalue weighted by Gasteiger charge is 2.36. The molecule has 0 N–H and O–H groups in total. The fraction of sp³-hybridized carbons (Fsp3) is 0.125. The monoisotopic (exact) mass is 668 g/mol. The molecule has 0 saturated heterocycles. The Hall–Kier alpha value is -6.26. The minimum Gasteiger partial charge on any atom is -0.256 e. The molecular formula is C48H36N4. The van der Waals surface area contributed by atoms with Crippen molar-refractivity contribution in [2.24, 2.45) is 0 Å². The van der Waals surface area contributed by atoms with Crippen molar-refractivity contribution in [3.8, 4) is 67.7 Å². The Balaban J connectivity index is 1.12. The SMILES string of the molecule is CC1(C)c2ccccc2-c2cc(-c3nc(-c4ccc(-c5cc6ccccc6cn5)cc4)nc(-c4ccc5c(c4)-c4ccccc4C5(C)C)n3)ccc21. The number of hydrogen-bond acceptors (Lipinski definition) is 4. The summed E-state index contributed by atoms with van der Waals surface area (Å²) in [5, 5.41) is 2.30. The highest BCUT2D eigenvalue weighted by Crippen LogP contribution is 2.51. The molecule has 2 heterocycles. The maximum atomic E-state index is 5.20. The Morgan fingerprint density at radius 2 is 0.788 bits per heavy atom. The molecule has 4 nitrogen and oxygen atoms in total. The van der Waals surface area contributed by atoms with Gasteiger partial charge in [-0.3, -0.25) is 4.98 Å². The number of pyridine rings is 1. The fourth-order valence-corrected chi connectivity index (χ4v) is 8.51. The largest absolute Gasteiger partial charge is 0.256 e. The molecule has 0 saturated carbocycles. The van der Waals surface area contributed by atoms with E-state index in [0.29, 0.717) is 17.5 Å². The van der Waals surface area contributed by atoms with Gasteiger partial charge in [0.2, 0.25) is 0 Å². The Labute approximate surface area is 304 Å². The second-order valence-electron chi connectivity index (χ2n) is 15.2. The quantitative estimate of drug-likeness (QED) is 0.187. The molecule has 0 unspecified atom stereocenters. The maximum Gasteiger partial charge on any atom is 0.164 e. The lowest BCUT2D eigenvalue weighted by molar-refractivity contribution is 0.660. The molecule has 2 aliphatic rings. The lowest BCUT2D eigenvalue weighted by Crippen LogP contribution is -2.14. The molecule has 248 valence electrons. The molecule has 2 aromatic heterocycles. The average molecular weight is 669 g/mol. The summed E-state index contributed by atoms with van der Waals surface area (Å²) in [4.78, 5) is 20.3. The van der Waals surface area contributed by atoms with Crippen LogP contribution in [0.3, 0.4) is 0 Å². The van der Waals surface area contributed by atoms with Gasteiger partial charge in [-0.05, 0) is 68.1 Å². The van der Waals surface area contributed by atoms with E-state index in [-0.39, 0.29) is 10.8 Å². The van der Waals surface area contributed by atoms with Gasteiger partial charge in [-0.1, -0.05) is 149 Å². The Bertz CT molecular complexity index is 2610. The van der Waals surface area contributed by atoms with Crippen molar-refractivity contribution < 1.29 is 0 Å². The van der Waals surface area contributed by atoms with Crippen molar-refractivity contribution in [2.75, 3.05) is 0 Å². The fourth-order valence-electron chi connectivity index (χ4n) is 8.51. The van der Waals surface area contributed by atoms with Gasteiger partial charge in [-0.15, -0.1) is 0 Å². The zero-order valence-electron chi connectivity index (χ0n) is 29.6. The standard InChI is InChI=1S/C48H36N4/c1-47(2)39-15-9-7-13-35(39)37-25-32(21-23-41(37)47)45-50-44(30-19-17-29(18-20-30)43-27-31-11-5-6-12-34(31)28-49-43)51-46(52-45)33-22-24-42-38(26-33)36-14-8-10-16-40(36)48(42,3)4/h5-28H,1-4H3. The smallest absolute Gasteiger partial charge is 0.164 e. The number of rotatable bonds is 4. The minimum absolute atomic E-state index is 0.0734. The summed E-state index contributed by atoms with van der Waals surface area (Å²) < 4.78 is 0. The summed E-state index contributed by atoms with van der Waals surface area (Å²) in [7, 11) is 0. The van der Waals surface area contributed by atoms with E-state index in [0.717, 1.165) is 33.3 Å². The third-order valence-corrected chi connectivity index (χ3v) is 11.4. The molecule has 0 bridgehead atoms. The van der Waals surface area contributed by atoms with Gasteiger partial charge < -0.3 is 0 Å². The van der Waals surface area contributed by atoms with Crippen LogP contribution >= 0.6 is 0 Å². The highest BCUT2D eigenvalue weighted by atomic mass is 15.0. The van der Waals surface area contributed by atoms with E-state index in [2.05, 4.69) is 161 Å². The van der Waals surface area contributed by atoms with Gasteiger partial charge in [0.25, 0.3) is 0 Å². The number of nitrogens with zero attached hydrogens (tertiary/aromatic N) is 4. The van der Waals surface area contributed by atoms with Gasteiger partial charge in [0.05, 0.1) is 5.69 Å². The van der Waals surface area contributed by atoms with Gasteiger partial charge in [0.15, 0.2) is 17.5 Å². The molecule has 4 heteroatoms. The zero-order chi connectivity index (χ0) is 35.2. The van der Waals surface area contributed by atoms with Crippen LogP contribution in [0, 0.1) is 0 Å². The molecule has 52 heavy (non-hydrogen) atoms. The van der Waals surface area contributed by atoms with Gasteiger partial charge in [0.1, 0.15) is 0 Å². The van der Waals surface area contributed by atoms with Gasteiger partial charge in [-0.25, -0.2) is 15.0 Å². The molecular weight excluding hydrogens is 633 g/mol. The molecule has 10 rings (SSSR count). The number of aromatic nitrogens is 4. The van der Waals surface area contributed by atoms with Crippen LogP contribution in [0.15, 0.2) is 146 Å². The van der Waals surface area contributed by atoms with E-state index in [1.54, 1.807) is 0 Å². The predicted octanol–water partition coefficient (Wildman–Crippen LogP) is 11.7. The van der Waals surface area contributed by atoms with Crippen molar-refractivity contribution >= 4 is 10.8 Å². The summed E-state index contributed by atoms with van der Waals surface area (Å²) in [6.07, 6.45) is 1.94. The minimum atomic E-state index is -0.0734. The van der Waals surface area contributed by atoms with Crippen LogP contribution in [-0.2, 0) is 10.8 Å². The van der Waals surface area contributed by atoms with Crippen LogP contribution in [0.25, 0.3) is 78.4 Å². The van der Waals surface area contributed by atoms with Gasteiger partial charge >= 0.3 is 0 Å². The Kier molecular flexibility index (Phi) is 6.53. The van der Waals surface area contributed by atoms with Crippen molar-refractivity contribution in [3.63, 3.8) is 0 Å². The number of fused-ring (bicyclic) bond motifs is 7. The molecule has 0 spiro atoms. The first kappa shape index (κ1) is 30.6. The summed E-state index contributed by atoms with van der Waals surface area (Å²) in [6, 6.07) is 49.7. The van der Waals surface area contributed by atoms with Crippen LogP contribution in [0.5, 0.6) is 0 Å². The summed E-state index contributed by atoms with van der Waals surface area (Å²) >= 11 is 0. The first-order chi connectivity index (χ1) is 25.3. The third kappa shape index (κ3) is 4.60. The normalized spacial score (nSPS) is 14.5. The van der Waals surface area contributed by atoms with E-state index < -0.39 is 0 Å². The van der Waals surface area contributed by atoms with E-state index in [1.807, 2.05) is 12.3 Å². The van der Waals surface area contributed by atoms with Crippen LogP contribution in [0.4, 0.5) is 0 Å². The van der Waals surface area contributed by atoms with Crippen molar-refractivity contribution in [1.29, 1.82) is 0 Å². The first-order valence-corrected chi connectivity index (χ1v) is 18.0. The van der Waals surface area contributed by atoms with Crippen LogP contribution < -0.4 is 0 Å².